The average Bonchev–Trinajstić information content (AvgIpc) is 2.85. The van der Waals surface area contributed by atoms with Gasteiger partial charge >= 0.3 is 0 Å². The van der Waals surface area contributed by atoms with E-state index in [4.69, 9.17) is 4.74 Å². The van der Waals surface area contributed by atoms with Gasteiger partial charge in [-0.3, -0.25) is 4.90 Å². The molecule has 0 amide bonds. The highest BCUT2D eigenvalue weighted by Crippen LogP contribution is 2.44. The third kappa shape index (κ3) is 5.40. The molecule has 1 aliphatic heterocycles. The standard InChI is InChI=1S/C29H36N2O/c1-3-5-8-23(4-2)28-16-13-24-9-6-7-10-27(24)29(28)25-11-14-26(15-12-25)32-22-21-31-19-17-30-18-20-31/h3-12,14-15,28-30H,1,13,16-22H2,2H3/b8-5-,23-4+. The second kappa shape index (κ2) is 11.3. The Labute approximate surface area is 193 Å². The topological polar surface area (TPSA) is 24.5 Å². The van der Waals surface area contributed by atoms with Gasteiger partial charge in [0.1, 0.15) is 12.4 Å². The first-order chi connectivity index (χ1) is 15.8. The van der Waals surface area contributed by atoms with Gasteiger partial charge < -0.3 is 10.1 Å². The van der Waals surface area contributed by atoms with Crippen molar-refractivity contribution in [2.45, 2.75) is 25.7 Å². The van der Waals surface area contributed by atoms with E-state index in [1.165, 1.54) is 22.3 Å². The summed E-state index contributed by atoms with van der Waals surface area (Å²) in [7, 11) is 0. The molecular formula is C29H36N2O. The van der Waals surface area contributed by atoms with Crippen LogP contribution in [0.25, 0.3) is 0 Å². The normalized spacial score (nSPS) is 22.0. The number of rotatable bonds is 8. The summed E-state index contributed by atoms with van der Waals surface area (Å²) in [6.45, 7) is 12.1. The minimum absolute atomic E-state index is 0.357. The van der Waals surface area contributed by atoms with Crippen LogP contribution in [0.5, 0.6) is 5.75 Å². The van der Waals surface area contributed by atoms with Crippen molar-refractivity contribution in [2.24, 2.45) is 5.92 Å². The molecule has 2 aromatic rings. The van der Waals surface area contributed by atoms with Gasteiger partial charge in [0.05, 0.1) is 0 Å². The molecule has 1 N–H and O–H groups in total. The summed E-state index contributed by atoms with van der Waals surface area (Å²) < 4.78 is 6.07. The van der Waals surface area contributed by atoms with E-state index < -0.39 is 0 Å². The van der Waals surface area contributed by atoms with E-state index in [-0.39, 0.29) is 0 Å². The molecular weight excluding hydrogens is 392 g/mol. The Morgan fingerprint density at radius 2 is 1.91 bits per heavy atom. The van der Waals surface area contributed by atoms with Crippen LogP contribution in [0.4, 0.5) is 0 Å². The molecule has 1 aliphatic carbocycles. The van der Waals surface area contributed by atoms with E-state index in [9.17, 15) is 0 Å². The molecule has 32 heavy (non-hydrogen) atoms. The summed E-state index contributed by atoms with van der Waals surface area (Å²) in [4.78, 5) is 2.46. The van der Waals surface area contributed by atoms with Crippen LogP contribution in [0, 0.1) is 5.92 Å². The summed E-state index contributed by atoms with van der Waals surface area (Å²) >= 11 is 0. The molecule has 3 heteroatoms. The van der Waals surface area contributed by atoms with Crippen molar-refractivity contribution in [1.82, 2.24) is 10.2 Å². The summed E-state index contributed by atoms with van der Waals surface area (Å²) in [5.41, 5.74) is 5.69. The Morgan fingerprint density at radius 3 is 2.66 bits per heavy atom. The first kappa shape index (κ1) is 22.6. The maximum absolute atomic E-state index is 6.07. The zero-order chi connectivity index (χ0) is 22.2. The number of allylic oxidation sites excluding steroid dienone is 5. The molecule has 0 aromatic heterocycles. The van der Waals surface area contributed by atoms with Crippen LogP contribution < -0.4 is 10.1 Å². The number of benzene rings is 2. The molecule has 2 aliphatic rings. The van der Waals surface area contributed by atoms with Crippen LogP contribution in [0.1, 0.15) is 36.0 Å². The fourth-order valence-corrected chi connectivity index (χ4v) is 5.14. The van der Waals surface area contributed by atoms with Gasteiger partial charge in [-0.25, -0.2) is 0 Å². The van der Waals surface area contributed by atoms with Gasteiger partial charge in [0, 0.05) is 38.6 Å². The van der Waals surface area contributed by atoms with Crippen molar-refractivity contribution in [3.8, 4) is 5.75 Å². The lowest BCUT2D eigenvalue weighted by atomic mass is 9.69. The van der Waals surface area contributed by atoms with E-state index in [2.05, 4.69) is 90.5 Å². The van der Waals surface area contributed by atoms with Gasteiger partial charge in [-0.1, -0.05) is 67.3 Å². The number of nitrogens with zero attached hydrogens (tertiary/aromatic N) is 1. The maximum atomic E-state index is 6.07. The molecule has 0 spiro atoms. The zero-order valence-electron chi connectivity index (χ0n) is 19.3. The number of piperazine rings is 1. The number of hydrogen-bond acceptors (Lipinski definition) is 3. The van der Waals surface area contributed by atoms with Gasteiger partial charge in [-0.05, 0) is 60.1 Å². The number of ether oxygens (including phenoxy) is 1. The molecule has 2 aromatic carbocycles. The number of aryl methyl sites for hydroxylation is 1. The van der Waals surface area contributed by atoms with Crippen LogP contribution in [0.3, 0.4) is 0 Å². The SMILES string of the molecule is C=C/C=C\C(=C/C)C1CCc2ccccc2C1c1ccc(OCCN2CCNCC2)cc1. The Hall–Kier alpha value is -2.62. The molecule has 0 saturated carbocycles. The van der Waals surface area contributed by atoms with E-state index in [1.807, 2.05) is 6.08 Å². The van der Waals surface area contributed by atoms with Gasteiger partial charge in [0.2, 0.25) is 0 Å². The van der Waals surface area contributed by atoms with Crippen LogP contribution in [0.2, 0.25) is 0 Å². The highest BCUT2D eigenvalue weighted by molar-refractivity contribution is 5.45. The van der Waals surface area contributed by atoms with Crippen molar-refractivity contribution in [2.75, 3.05) is 39.3 Å². The minimum atomic E-state index is 0.357. The largest absolute Gasteiger partial charge is 0.492 e. The monoisotopic (exact) mass is 428 g/mol. The van der Waals surface area contributed by atoms with Gasteiger partial charge in [0.25, 0.3) is 0 Å². The fraction of sp³-hybridized carbons (Fsp3) is 0.379. The summed E-state index contributed by atoms with van der Waals surface area (Å²) in [6, 6.07) is 17.8. The summed E-state index contributed by atoms with van der Waals surface area (Å²) in [5, 5.41) is 3.40. The molecule has 2 atom stereocenters. The predicted molar refractivity (Wildman–Crippen MR) is 134 cm³/mol. The predicted octanol–water partition coefficient (Wildman–Crippen LogP) is 5.35. The lowest BCUT2D eigenvalue weighted by Gasteiger charge is -2.35. The van der Waals surface area contributed by atoms with Crippen LogP contribution >= 0.6 is 0 Å². The zero-order valence-corrected chi connectivity index (χ0v) is 19.3. The minimum Gasteiger partial charge on any atom is -0.492 e. The summed E-state index contributed by atoms with van der Waals surface area (Å²) in [6.07, 6.45) is 10.7. The van der Waals surface area contributed by atoms with Crippen molar-refractivity contribution in [3.05, 3.63) is 102 Å². The molecule has 0 radical (unpaired) electrons. The van der Waals surface area contributed by atoms with Gasteiger partial charge in [-0.15, -0.1) is 0 Å². The number of hydrogen-bond donors (Lipinski definition) is 1. The highest BCUT2D eigenvalue weighted by Gasteiger charge is 2.32. The molecule has 2 unspecified atom stereocenters. The molecule has 1 fully saturated rings. The third-order valence-electron chi connectivity index (χ3n) is 6.83. The number of fused-ring (bicyclic) bond motifs is 1. The highest BCUT2D eigenvalue weighted by atomic mass is 16.5. The van der Waals surface area contributed by atoms with E-state index in [0.717, 1.165) is 57.9 Å². The van der Waals surface area contributed by atoms with Gasteiger partial charge in [-0.2, -0.15) is 0 Å². The molecule has 4 rings (SSSR count). The van der Waals surface area contributed by atoms with E-state index in [1.54, 1.807) is 0 Å². The summed E-state index contributed by atoms with van der Waals surface area (Å²) in [5.74, 6) is 1.78. The Morgan fingerprint density at radius 1 is 1.12 bits per heavy atom. The average molecular weight is 429 g/mol. The van der Waals surface area contributed by atoms with Crippen LogP contribution in [-0.4, -0.2) is 44.2 Å². The van der Waals surface area contributed by atoms with Gasteiger partial charge in [0.15, 0.2) is 0 Å². The first-order valence-electron chi connectivity index (χ1n) is 12.0. The Bertz CT molecular complexity index is 938. The van der Waals surface area contributed by atoms with Crippen molar-refractivity contribution >= 4 is 0 Å². The molecule has 3 nitrogen and oxygen atoms in total. The van der Waals surface area contributed by atoms with E-state index >= 15 is 0 Å². The van der Waals surface area contributed by atoms with Crippen molar-refractivity contribution < 1.29 is 4.74 Å². The Kier molecular flexibility index (Phi) is 7.97. The van der Waals surface area contributed by atoms with E-state index in [0.29, 0.717) is 11.8 Å². The molecule has 0 bridgehead atoms. The maximum Gasteiger partial charge on any atom is 0.119 e. The third-order valence-corrected chi connectivity index (χ3v) is 6.83. The second-order valence-corrected chi connectivity index (χ2v) is 8.71. The first-order valence-corrected chi connectivity index (χ1v) is 12.0. The smallest absolute Gasteiger partial charge is 0.119 e. The number of nitrogens with one attached hydrogen (secondary N) is 1. The Balaban J connectivity index is 1.51. The lowest BCUT2D eigenvalue weighted by molar-refractivity contribution is 0.191. The van der Waals surface area contributed by atoms with Crippen molar-refractivity contribution in [1.29, 1.82) is 0 Å². The fourth-order valence-electron chi connectivity index (χ4n) is 5.14. The van der Waals surface area contributed by atoms with Crippen molar-refractivity contribution in [3.63, 3.8) is 0 Å². The van der Waals surface area contributed by atoms with Crippen LogP contribution in [0.15, 0.2) is 85.0 Å². The van der Waals surface area contributed by atoms with Crippen LogP contribution in [-0.2, 0) is 6.42 Å². The molecule has 168 valence electrons. The lowest BCUT2D eigenvalue weighted by Crippen LogP contribution is -2.44. The molecule has 1 saturated heterocycles. The molecule has 1 heterocycles. The second-order valence-electron chi connectivity index (χ2n) is 8.71. The quantitative estimate of drug-likeness (QED) is 0.574.